The molecule has 3 heterocycles. The molecule has 0 N–H and O–H groups in total. The molecule has 2 aromatic carbocycles. The standard InChI is InChI=1S/C30H34N4O5/c1-30(2,3)39-29(37)32-14-12-21(19-32)23-6-5-7-24-25(23)16-31-17-26(24)33-15-13-27(35)34(28(33)36)18-20-8-10-22(38-4)11-9-20/h5-11,16-17,21H,12-15,18-19H2,1-4H3/t21-/m1/s1. The van der Waals surface area contributed by atoms with E-state index in [9.17, 15) is 14.4 Å². The number of imide groups is 1. The van der Waals surface area contributed by atoms with E-state index in [0.717, 1.165) is 28.3 Å². The topological polar surface area (TPSA) is 92.3 Å². The fourth-order valence-corrected chi connectivity index (χ4v) is 5.26. The summed E-state index contributed by atoms with van der Waals surface area (Å²) in [4.78, 5) is 48.2. The molecule has 0 bridgehead atoms. The van der Waals surface area contributed by atoms with E-state index in [4.69, 9.17) is 9.47 Å². The third-order valence-corrected chi connectivity index (χ3v) is 7.20. The number of hydrogen-bond donors (Lipinski definition) is 0. The summed E-state index contributed by atoms with van der Waals surface area (Å²) < 4.78 is 10.8. The van der Waals surface area contributed by atoms with Gasteiger partial charge in [-0.1, -0.05) is 30.3 Å². The Balaban J connectivity index is 1.39. The van der Waals surface area contributed by atoms with Gasteiger partial charge in [0.25, 0.3) is 0 Å². The third kappa shape index (κ3) is 5.53. The second kappa shape index (κ2) is 10.6. The van der Waals surface area contributed by atoms with Crippen LogP contribution in [0.2, 0.25) is 0 Å². The number of aromatic nitrogens is 1. The van der Waals surface area contributed by atoms with Crippen LogP contribution in [0.25, 0.3) is 10.8 Å². The number of hydrogen-bond acceptors (Lipinski definition) is 6. The number of carbonyl (C=O) groups is 3. The molecular formula is C30H34N4O5. The number of fused-ring (bicyclic) bond motifs is 1. The van der Waals surface area contributed by atoms with Gasteiger partial charge in [0.1, 0.15) is 11.4 Å². The van der Waals surface area contributed by atoms with Crippen molar-refractivity contribution >= 4 is 34.5 Å². The minimum Gasteiger partial charge on any atom is -0.497 e. The third-order valence-electron chi connectivity index (χ3n) is 7.20. The van der Waals surface area contributed by atoms with Crippen LogP contribution in [0.3, 0.4) is 0 Å². The maximum absolute atomic E-state index is 13.6. The lowest BCUT2D eigenvalue weighted by molar-refractivity contribution is -0.129. The van der Waals surface area contributed by atoms with Gasteiger partial charge < -0.3 is 14.4 Å². The van der Waals surface area contributed by atoms with E-state index in [1.807, 2.05) is 63.4 Å². The quantitative estimate of drug-likeness (QED) is 0.443. The molecule has 2 aliphatic heterocycles. The zero-order chi connectivity index (χ0) is 27.7. The predicted molar refractivity (Wildman–Crippen MR) is 148 cm³/mol. The Morgan fingerprint density at radius 1 is 1.03 bits per heavy atom. The molecular weight excluding hydrogens is 496 g/mol. The number of likely N-dealkylation sites (tertiary alicyclic amines) is 1. The molecule has 5 rings (SSSR count). The Morgan fingerprint density at radius 2 is 1.79 bits per heavy atom. The van der Waals surface area contributed by atoms with Crippen LogP contribution < -0.4 is 9.64 Å². The van der Waals surface area contributed by atoms with Crippen molar-refractivity contribution in [2.75, 3.05) is 31.6 Å². The van der Waals surface area contributed by atoms with Gasteiger partial charge in [-0.15, -0.1) is 0 Å². The van der Waals surface area contributed by atoms with Crippen molar-refractivity contribution in [1.82, 2.24) is 14.8 Å². The largest absolute Gasteiger partial charge is 0.497 e. The van der Waals surface area contributed by atoms with Gasteiger partial charge in [0.15, 0.2) is 0 Å². The van der Waals surface area contributed by atoms with Crippen LogP contribution in [0, 0.1) is 0 Å². The van der Waals surface area contributed by atoms with Gasteiger partial charge in [0.2, 0.25) is 5.91 Å². The lowest BCUT2D eigenvalue weighted by Crippen LogP contribution is -2.52. The summed E-state index contributed by atoms with van der Waals surface area (Å²) in [5.74, 6) is 0.642. The summed E-state index contributed by atoms with van der Waals surface area (Å²) in [5, 5.41) is 1.84. The first kappa shape index (κ1) is 26.5. The summed E-state index contributed by atoms with van der Waals surface area (Å²) >= 11 is 0. The SMILES string of the molecule is COc1ccc(CN2C(=O)CCN(c3cncc4c([C@@H]5CCN(C(=O)OC(C)(C)C)C5)cccc34)C2=O)cc1. The Morgan fingerprint density at radius 3 is 2.51 bits per heavy atom. The molecule has 4 amide bonds. The zero-order valence-corrected chi connectivity index (χ0v) is 22.8. The monoisotopic (exact) mass is 530 g/mol. The van der Waals surface area contributed by atoms with E-state index < -0.39 is 5.60 Å². The minimum absolute atomic E-state index is 0.128. The van der Waals surface area contributed by atoms with Gasteiger partial charge in [-0.3, -0.25) is 19.6 Å². The van der Waals surface area contributed by atoms with Crippen molar-refractivity contribution < 1.29 is 23.9 Å². The molecule has 9 nitrogen and oxygen atoms in total. The van der Waals surface area contributed by atoms with Crippen molar-refractivity contribution in [2.24, 2.45) is 0 Å². The molecule has 0 spiro atoms. The van der Waals surface area contributed by atoms with Crippen molar-refractivity contribution in [2.45, 2.75) is 51.7 Å². The number of nitrogens with zero attached hydrogens (tertiary/aromatic N) is 4. The van der Waals surface area contributed by atoms with E-state index >= 15 is 0 Å². The Labute approximate surface area is 228 Å². The number of pyridine rings is 1. The fraction of sp³-hybridized carbons (Fsp3) is 0.400. The van der Waals surface area contributed by atoms with Crippen molar-refractivity contribution in [3.63, 3.8) is 0 Å². The van der Waals surface area contributed by atoms with E-state index in [0.29, 0.717) is 24.5 Å². The number of benzene rings is 2. The first-order valence-electron chi connectivity index (χ1n) is 13.2. The molecule has 1 aromatic heterocycles. The van der Waals surface area contributed by atoms with E-state index in [-0.39, 0.29) is 43.5 Å². The Bertz CT molecular complexity index is 1400. The molecule has 0 aliphatic carbocycles. The van der Waals surface area contributed by atoms with Gasteiger partial charge in [-0.05, 0) is 50.5 Å². The number of carbonyl (C=O) groups excluding carboxylic acids is 3. The lowest BCUT2D eigenvalue weighted by atomic mass is 9.93. The highest BCUT2D eigenvalue weighted by atomic mass is 16.6. The number of amides is 4. The van der Waals surface area contributed by atoms with Crippen LogP contribution in [0.4, 0.5) is 15.3 Å². The maximum atomic E-state index is 13.6. The molecule has 0 unspecified atom stereocenters. The van der Waals surface area contributed by atoms with Crippen LogP contribution >= 0.6 is 0 Å². The van der Waals surface area contributed by atoms with Crippen molar-refractivity contribution in [3.05, 3.63) is 66.0 Å². The van der Waals surface area contributed by atoms with Gasteiger partial charge >= 0.3 is 12.1 Å². The van der Waals surface area contributed by atoms with Gasteiger partial charge in [0, 0.05) is 48.9 Å². The van der Waals surface area contributed by atoms with Crippen molar-refractivity contribution in [1.29, 1.82) is 0 Å². The van der Waals surface area contributed by atoms with E-state index in [1.165, 1.54) is 4.90 Å². The number of ether oxygens (including phenoxy) is 2. The number of urea groups is 1. The molecule has 39 heavy (non-hydrogen) atoms. The molecule has 0 saturated carbocycles. The average molecular weight is 531 g/mol. The summed E-state index contributed by atoms with van der Waals surface area (Å²) in [6, 6.07) is 13.0. The highest BCUT2D eigenvalue weighted by molar-refractivity contribution is 6.10. The Hall–Kier alpha value is -4.14. The first-order valence-corrected chi connectivity index (χ1v) is 13.2. The van der Waals surface area contributed by atoms with Gasteiger partial charge in [-0.25, -0.2) is 9.59 Å². The second-order valence-electron chi connectivity index (χ2n) is 11.0. The van der Waals surface area contributed by atoms with Crippen LogP contribution in [0.1, 0.15) is 50.7 Å². The fourth-order valence-electron chi connectivity index (χ4n) is 5.26. The smallest absolute Gasteiger partial charge is 0.410 e. The lowest BCUT2D eigenvalue weighted by Gasteiger charge is -2.34. The molecule has 0 radical (unpaired) electrons. The second-order valence-corrected chi connectivity index (χ2v) is 11.0. The molecule has 9 heteroatoms. The average Bonchev–Trinajstić information content (AvgIpc) is 3.40. The molecule has 2 aliphatic rings. The predicted octanol–water partition coefficient (Wildman–Crippen LogP) is 5.33. The molecule has 1 atom stereocenters. The molecule has 2 fully saturated rings. The van der Waals surface area contributed by atoms with Crippen LogP contribution in [0.5, 0.6) is 5.75 Å². The minimum atomic E-state index is -0.545. The Kier molecular flexibility index (Phi) is 7.16. The highest BCUT2D eigenvalue weighted by Gasteiger charge is 2.35. The van der Waals surface area contributed by atoms with Gasteiger partial charge in [0.05, 0.1) is 25.5 Å². The number of anilines is 1. The summed E-state index contributed by atoms with van der Waals surface area (Å²) in [5.41, 5.74) is 2.06. The highest BCUT2D eigenvalue weighted by Crippen LogP contribution is 2.36. The first-order chi connectivity index (χ1) is 18.6. The van der Waals surface area contributed by atoms with E-state index in [1.54, 1.807) is 23.1 Å². The van der Waals surface area contributed by atoms with Gasteiger partial charge in [-0.2, -0.15) is 0 Å². The molecule has 3 aromatic rings. The van der Waals surface area contributed by atoms with Crippen LogP contribution in [-0.2, 0) is 16.1 Å². The molecule has 2 saturated heterocycles. The van der Waals surface area contributed by atoms with Crippen LogP contribution in [0.15, 0.2) is 54.9 Å². The van der Waals surface area contributed by atoms with Crippen molar-refractivity contribution in [3.8, 4) is 5.75 Å². The normalized spacial score (nSPS) is 18.2. The summed E-state index contributed by atoms with van der Waals surface area (Å²) in [7, 11) is 1.60. The van der Waals surface area contributed by atoms with Crippen LogP contribution in [-0.4, -0.2) is 65.2 Å². The maximum Gasteiger partial charge on any atom is 0.410 e. The van der Waals surface area contributed by atoms with E-state index in [2.05, 4.69) is 11.1 Å². The number of methoxy groups -OCH3 is 1. The zero-order valence-electron chi connectivity index (χ0n) is 22.8. The summed E-state index contributed by atoms with van der Waals surface area (Å²) in [6.45, 7) is 7.25. The number of rotatable bonds is 5. The summed E-state index contributed by atoms with van der Waals surface area (Å²) in [6.07, 6.45) is 4.25. The molecule has 204 valence electrons.